The number of hydrogen-bond donors (Lipinski definition) is 1. The lowest BCUT2D eigenvalue weighted by molar-refractivity contribution is -0.121. The van der Waals surface area contributed by atoms with E-state index in [2.05, 4.69) is 5.32 Å². The topological polar surface area (TPSA) is 92.3 Å². The zero-order valence-electron chi connectivity index (χ0n) is 15.8. The molecule has 8 nitrogen and oxygen atoms in total. The van der Waals surface area contributed by atoms with Gasteiger partial charge in [0.25, 0.3) is 0 Å². The Hall–Kier alpha value is -3.42. The van der Waals surface area contributed by atoms with E-state index in [0.717, 1.165) is 0 Å². The molecule has 1 amide bonds. The van der Waals surface area contributed by atoms with Crippen LogP contribution in [0.4, 0.5) is 0 Å². The summed E-state index contributed by atoms with van der Waals surface area (Å²) in [5.41, 5.74) is 0.508. The van der Waals surface area contributed by atoms with E-state index in [0.29, 0.717) is 60.7 Å². The average molecular weight is 399 g/mol. The number of carbonyl (C=O) groups is 2. The van der Waals surface area contributed by atoms with Crippen LogP contribution in [-0.2, 0) is 4.79 Å². The molecule has 29 heavy (non-hydrogen) atoms. The van der Waals surface area contributed by atoms with Gasteiger partial charge in [-0.25, -0.2) is 0 Å². The number of rotatable bonds is 8. The van der Waals surface area contributed by atoms with Crippen molar-refractivity contribution in [3.05, 3.63) is 42.0 Å². The molecule has 152 valence electrons. The Morgan fingerprint density at radius 1 is 0.862 bits per heavy atom. The first-order chi connectivity index (χ1) is 14.2. The fraction of sp³-hybridized carbons (Fsp3) is 0.333. The molecule has 4 rings (SSSR count). The smallest absolute Gasteiger partial charge is 0.231 e. The molecule has 2 aliphatic rings. The molecule has 2 aromatic rings. The van der Waals surface area contributed by atoms with E-state index in [4.69, 9.17) is 23.7 Å². The number of nitrogens with one attached hydrogen (secondary N) is 1. The molecule has 0 atom stereocenters. The summed E-state index contributed by atoms with van der Waals surface area (Å²) < 4.78 is 27.0. The molecule has 0 unspecified atom stereocenters. The molecule has 8 heteroatoms. The lowest BCUT2D eigenvalue weighted by atomic mass is 10.1. The number of hydrogen-bond acceptors (Lipinski definition) is 7. The average Bonchev–Trinajstić information content (AvgIpc) is 3.22. The lowest BCUT2D eigenvalue weighted by Crippen LogP contribution is -2.28. The summed E-state index contributed by atoms with van der Waals surface area (Å²) in [6, 6.07) is 10.4. The van der Waals surface area contributed by atoms with E-state index < -0.39 is 0 Å². The summed E-state index contributed by atoms with van der Waals surface area (Å²) in [6.07, 6.45) is 0.228. The first kappa shape index (κ1) is 18.9. The maximum absolute atomic E-state index is 12.3. The number of benzene rings is 2. The first-order valence-corrected chi connectivity index (χ1v) is 9.41. The number of ketones is 1. The minimum Gasteiger partial charge on any atom is -0.492 e. The standard InChI is InChI=1S/C21H21NO7/c23-16(14-1-4-17-19(11-14)27-10-9-26-17)3-6-21(24)22-7-8-25-15-2-5-18-20(12-15)29-13-28-18/h1-2,4-5,11-12H,3,6-10,13H2,(H,22,24). The lowest BCUT2D eigenvalue weighted by Gasteiger charge is -2.18. The van der Waals surface area contributed by atoms with Crippen LogP contribution in [0.2, 0.25) is 0 Å². The van der Waals surface area contributed by atoms with Crippen molar-refractivity contribution in [1.82, 2.24) is 5.32 Å². The third-order valence-electron chi connectivity index (χ3n) is 4.48. The Balaban J connectivity index is 1.17. The van der Waals surface area contributed by atoms with Crippen LogP contribution in [0.5, 0.6) is 28.7 Å². The number of Topliss-reactive ketones (excluding diaryl/α,β-unsaturated/α-hetero) is 1. The van der Waals surface area contributed by atoms with E-state index in [1.54, 1.807) is 36.4 Å². The van der Waals surface area contributed by atoms with Crippen LogP contribution in [0.25, 0.3) is 0 Å². The summed E-state index contributed by atoms with van der Waals surface area (Å²) in [6.45, 7) is 1.81. The maximum atomic E-state index is 12.3. The van der Waals surface area contributed by atoms with Crippen molar-refractivity contribution < 1.29 is 33.3 Å². The summed E-state index contributed by atoms with van der Waals surface area (Å²) in [4.78, 5) is 24.3. The molecule has 0 spiro atoms. The Labute approximate surface area is 167 Å². The quantitative estimate of drug-likeness (QED) is 0.538. The zero-order chi connectivity index (χ0) is 20.1. The SMILES string of the molecule is O=C(CCC(=O)c1ccc2c(c1)OCCO2)NCCOc1ccc2c(c1)OCO2. The summed E-state index contributed by atoms with van der Waals surface area (Å²) in [5, 5.41) is 2.75. The Morgan fingerprint density at radius 2 is 1.59 bits per heavy atom. The zero-order valence-corrected chi connectivity index (χ0v) is 15.8. The van der Waals surface area contributed by atoms with Crippen molar-refractivity contribution in [2.45, 2.75) is 12.8 Å². The molecule has 1 N–H and O–H groups in total. The molecule has 0 radical (unpaired) electrons. The van der Waals surface area contributed by atoms with Crippen molar-refractivity contribution >= 4 is 11.7 Å². The minimum absolute atomic E-state index is 0.108. The predicted octanol–water partition coefficient (Wildman–Crippen LogP) is 2.34. The Morgan fingerprint density at radius 3 is 2.48 bits per heavy atom. The molecule has 2 aromatic carbocycles. The number of amides is 1. The van der Waals surface area contributed by atoms with Crippen molar-refractivity contribution in [3.8, 4) is 28.7 Å². The maximum Gasteiger partial charge on any atom is 0.231 e. The number of fused-ring (bicyclic) bond motifs is 2. The van der Waals surface area contributed by atoms with Crippen molar-refractivity contribution in [2.75, 3.05) is 33.2 Å². The van der Waals surface area contributed by atoms with Gasteiger partial charge in [0, 0.05) is 24.5 Å². The second-order valence-electron chi connectivity index (χ2n) is 6.50. The summed E-state index contributed by atoms with van der Waals surface area (Å²) in [7, 11) is 0. The van der Waals surface area contributed by atoms with Gasteiger partial charge in [0.05, 0.1) is 6.54 Å². The molecular formula is C21H21NO7. The first-order valence-electron chi connectivity index (χ1n) is 9.41. The van der Waals surface area contributed by atoms with Crippen LogP contribution in [-0.4, -0.2) is 44.8 Å². The molecule has 2 aliphatic heterocycles. The van der Waals surface area contributed by atoms with Gasteiger partial charge in [-0.05, 0) is 30.3 Å². The van der Waals surface area contributed by atoms with Crippen LogP contribution in [0.3, 0.4) is 0 Å². The van der Waals surface area contributed by atoms with Gasteiger partial charge in [-0.3, -0.25) is 9.59 Å². The van der Waals surface area contributed by atoms with Gasteiger partial charge in [-0.2, -0.15) is 0 Å². The van der Waals surface area contributed by atoms with Gasteiger partial charge < -0.3 is 29.0 Å². The third kappa shape index (κ3) is 4.71. The van der Waals surface area contributed by atoms with Crippen molar-refractivity contribution in [3.63, 3.8) is 0 Å². The van der Waals surface area contributed by atoms with Crippen molar-refractivity contribution in [2.24, 2.45) is 0 Å². The van der Waals surface area contributed by atoms with Crippen LogP contribution >= 0.6 is 0 Å². The fourth-order valence-electron chi connectivity index (χ4n) is 3.00. The Kier molecular flexibility index (Phi) is 5.69. The van der Waals surface area contributed by atoms with Gasteiger partial charge >= 0.3 is 0 Å². The molecule has 0 saturated heterocycles. The third-order valence-corrected chi connectivity index (χ3v) is 4.48. The molecule has 0 aromatic heterocycles. The predicted molar refractivity (Wildman–Crippen MR) is 102 cm³/mol. The highest BCUT2D eigenvalue weighted by Crippen LogP contribution is 2.35. The second-order valence-corrected chi connectivity index (χ2v) is 6.50. The fourth-order valence-corrected chi connectivity index (χ4v) is 3.00. The highest BCUT2D eigenvalue weighted by atomic mass is 16.7. The normalized spacial score (nSPS) is 13.7. The van der Waals surface area contributed by atoms with Gasteiger partial charge in [0.1, 0.15) is 25.6 Å². The monoisotopic (exact) mass is 399 g/mol. The highest BCUT2D eigenvalue weighted by molar-refractivity contribution is 5.98. The molecule has 0 fully saturated rings. The van der Waals surface area contributed by atoms with Crippen molar-refractivity contribution in [1.29, 1.82) is 0 Å². The van der Waals surface area contributed by atoms with E-state index in [-0.39, 0.29) is 31.3 Å². The van der Waals surface area contributed by atoms with E-state index in [9.17, 15) is 9.59 Å². The Bertz CT molecular complexity index is 912. The van der Waals surface area contributed by atoms with Crippen LogP contribution < -0.4 is 29.0 Å². The summed E-state index contributed by atoms with van der Waals surface area (Å²) in [5.74, 6) is 2.84. The summed E-state index contributed by atoms with van der Waals surface area (Å²) >= 11 is 0. The van der Waals surface area contributed by atoms with Gasteiger partial charge in [-0.15, -0.1) is 0 Å². The highest BCUT2D eigenvalue weighted by Gasteiger charge is 2.16. The van der Waals surface area contributed by atoms with Crippen LogP contribution in [0, 0.1) is 0 Å². The van der Waals surface area contributed by atoms with Crippen LogP contribution in [0.15, 0.2) is 36.4 Å². The molecular weight excluding hydrogens is 378 g/mol. The molecule has 2 heterocycles. The molecule has 0 bridgehead atoms. The van der Waals surface area contributed by atoms with Gasteiger partial charge in [0.15, 0.2) is 28.8 Å². The van der Waals surface area contributed by atoms with Gasteiger partial charge in [0.2, 0.25) is 12.7 Å². The number of carbonyl (C=O) groups excluding carboxylic acids is 2. The second kappa shape index (κ2) is 8.72. The number of ether oxygens (including phenoxy) is 5. The largest absolute Gasteiger partial charge is 0.492 e. The van der Waals surface area contributed by atoms with E-state index in [1.807, 2.05) is 0 Å². The van der Waals surface area contributed by atoms with Gasteiger partial charge in [-0.1, -0.05) is 0 Å². The van der Waals surface area contributed by atoms with E-state index >= 15 is 0 Å². The van der Waals surface area contributed by atoms with E-state index in [1.165, 1.54) is 0 Å². The van der Waals surface area contributed by atoms with Crippen LogP contribution in [0.1, 0.15) is 23.2 Å². The minimum atomic E-state index is -0.204. The molecule has 0 aliphatic carbocycles. The molecule has 0 saturated carbocycles.